The van der Waals surface area contributed by atoms with Crippen LogP contribution >= 0.6 is 11.6 Å². The summed E-state index contributed by atoms with van der Waals surface area (Å²) in [5.74, 6) is -0.369. The lowest BCUT2D eigenvalue weighted by Crippen LogP contribution is -2.41. The third kappa shape index (κ3) is 4.78. The third-order valence-corrected chi connectivity index (χ3v) is 6.52. The number of halogens is 1. The first-order valence-electron chi connectivity index (χ1n) is 8.95. The molecule has 0 saturated heterocycles. The molecule has 0 radical (unpaired) electrons. The van der Waals surface area contributed by atoms with Gasteiger partial charge >= 0.3 is 0 Å². The van der Waals surface area contributed by atoms with Gasteiger partial charge in [-0.1, -0.05) is 53.6 Å². The van der Waals surface area contributed by atoms with E-state index in [1.807, 2.05) is 25.1 Å². The van der Waals surface area contributed by atoms with Crippen LogP contribution in [-0.4, -0.2) is 27.9 Å². The van der Waals surface area contributed by atoms with Crippen molar-refractivity contribution in [2.75, 3.05) is 22.8 Å². The molecule has 0 bridgehead atoms. The highest BCUT2D eigenvalue weighted by molar-refractivity contribution is 7.92. The molecule has 0 saturated carbocycles. The second-order valence-electron chi connectivity index (χ2n) is 6.59. The van der Waals surface area contributed by atoms with Gasteiger partial charge in [0.05, 0.1) is 10.6 Å². The number of sulfonamides is 1. The first kappa shape index (κ1) is 20.9. The monoisotopic (exact) mass is 428 g/mol. The van der Waals surface area contributed by atoms with Crippen molar-refractivity contribution < 1.29 is 13.2 Å². The van der Waals surface area contributed by atoms with Crippen molar-refractivity contribution in [1.82, 2.24) is 0 Å². The number of carbonyl (C=O) groups excluding carboxylic acids is 1. The second kappa shape index (κ2) is 8.68. The molecule has 7 heteroatoms. The van der Waals surface area contributed by atoms with E-state index in [-0.39, 0.29) is 17.3 Å². The molecular formula is C22H21ClN2O3S. The van der Waals surface area contributed by atoms with Crippen LogP contribution in [0.2, 0.25) is 5.02 Å². The molecule has 0 aliphatic carbocycles. The van der Waals surface area contributed by atoms with Crippen molar-refractivity contribution in [2.45, 2.75) is 11.8 Å². The Labute approximate surface area is 176 Å². The molecule has 0 unspecified atom stereocenters. The average Bonchev–Trinajstić information content (AvgIpc) is 2.72. The fourth-order valence-electron chi connectivity index (χ4n) is 2.81. The average molecular weight is 429 g/mol. The van der Waals surface area contributed by atoms with E-state index < -0.39 is 10.0 Å². The number of anilines is 2. The summed E-state index contributed by atoms with van der Waals surface area (Å²) in [6.07, 6.45) is 0. The molecule has 0 heterocycles. The van der Waals surface area contributed by atoms with E-state index in [1.165, 1.54) is 23.1 Å². The molecule has 0 N–H and O–H groups in total. The fraction of sp³-hybridized carbons (Fsp3) is 0.136. The summed E-state index contributed by atoms with van der Waals surface area (Å²) in [6.45, 7) is 1.52. The maximum Gasteiger partial charge on any atom is 0.264 e. The summed E-state index contributed by atoms with van der Waals surface area (Å²) in [4.78, 5) is 14.5. The Morgan fingerprint density at radius 3 is 2.14 bits per heavy atom. The molecule has 0 aliphatic heterocycles. The predicted octanol–water partition coefficient (Wildman–Crippen LogP) is 4.51. The number of hydrogen-bond donors (Lipinski definition) is 0. The summed E-state index contributed by atoms with van der Waals surface area (Å²) >= 11 is 6.08. The predicted molar refractivity (Wildman–Crippen MR) is 117 cm³/mol. The minimum atomic E-state index is -3.97. The van der Waals surface area contributed by atoms with Gasteiger partial charge in [-0.15, -0.1) is 0 Å². The van der Waals surface area contributed by atoms with Crippen LogP contribution in [0.4, 0.5) is 11.4 Å². The van der Waals surface area contributed by atoms with Crippen molar-refractivity contribution in [2.24, 2.45) is 0 Å². The smallest absolute Gasteiger partial charge is 0.264 e. The van der Waals surface area contributed by atoms with Gasteiger partial charge in [-0.05, 0) is 49.4 Å². The Balaban J connectivity index is 2.00. The van der Waals surface area contributed by atoms with Gasteiger partial charge < -0.3 is 4.90 Å². The van der Waals surface area contributed by atoms with E-state index >= 15 is 0 Å². The SMILES string of the molecule is Cc1ccc(S(=O)(=O)N(CC(=O)N(C)c2ccccc2)c2cccc(Cl)c2)cc1. The zero-order valence-electron chi connectivity index (χ0n) is 16.1. The Bertz CT molecular complexity index is 1100. The summed E-state index contributed by atoms with van der Waals surface area (Å²) in [5, 5.41) is 0.385. The number of nitrogens with zero attached hydrogens (tertiary/aromatic N) is 2. The lowest BCUT2D eigenvalue weighted by Gasteiger charge is -2.27. The zero-order valence-corrected chi connectivity index (χ0v) is 17.7. The standard InChI is InChI=1S/C22H21ClN2O3S/c1-17-11-13-21(14-12-17)29(27,28)25(20-10-6-7-18(23)15-20)16-22(26)24(2)19-8-4-3-5-9-19/h3-15H,16H2,1-2H3. The minimum Gasteiger partial charge on any atom is -0.314 e. The quantitative estimate of drug-likeness (QED) is 0.580. The molecule has 3 rings (SSSR count). The number of carbonyl (C=O) groups is 1. The van der Waals surface area contributed by atoms with Gasteiger partial charge in [0.1, 0.15) is 6.54 Å². The summed E-state index contributed by atoms with van der Waals surface area (Å²) < 4.78 is 27.8. The minimum absolute atomic E-state index is 0.109. The van der Waals surface area contributed by atoms with Crippen molar-refractivity contribution in [3.8, 4) is 0 Å². The lowest BCUT2D eigenvalue weighted by molar-refractivity contribution is -0.116. The van der Waals surface area contributed by atoms with Crippen LogP contribution in [0.25, 0.3) is 0 Å². The molecular weight excluding hydrogens is 408 g/mol. The highest BCUT2D eigenvalue weighted by Gasteiger charge is 2.28. The molecule has 29 heavy (non-hydrogen) atoms. The molecule has 150 valence electrons. The van der Waals surface area contributed by atoms with Crippen molar-refractivity contribution in [3.63, 3.8) is 0 Å². The number of aryl methyl sites for hydroxylation is 1. The van der Waals surface area contributed by atoms with Gasteiger partial charge in [-0.25, -0.2) is 8.42 Å². The molecule has 0 fully saturated rings. The van der Waals surface area contributed by atoms with Crippen LogP contribution in [0.1, 0.15) is 5.56 Å². The third-order valence-electron chi connectivity index (χ3n) is 4.50. The van der Waals surface area contributed by atoms with Gasteiger partial charge in [0, 0.05) is 17.8 Å². The molecule has 5 nitrogen and oxygen atoms in total. The van der Waals surface area contributed by atoms with Gasteiger partial charge in [0.2, 0.25) is 5.91 Å². The molecule has 0 spiro atoms. The number of amides is 1. The molecule has 0 atom stereocenters. The first-order valence-corrected chi connectivity index (χ1v) is 10.8. The number of para-hydroxylation sites is 1. The van der Waals surface area contributed by atoms with Gasteiger partial charge in [0.15, 0.2) is 0 Å². The van der Waals surface area contributed by atoms with Crippen LogP contribution in [0.15, 0.2) is 83.8 Å². The van der Waals surface area contributed by atoms with Crippen molar-refractivity contribution >= 4 is 38.9 Å². The Kier molecular flexibility index (Phi) is 6.25. The van der Waals surface area contributed by atoms with E-state index in [0.29, 0.717) is 16.4 Å². The van der Waals surface area contributed by atoms with Crippen LogP contribution in [0, 0.1) is 6.92 Å². The highest BCUT2D eigenvalue weighted by atomic mass is 35.5. The maximum absolute atomic E-state index is 13.4. The topological polar surface area (TPSA) is 57.7 Å². The second-order valence-corrected chi connectivity index (χ2v) is 8.89. The molecule has 1 amide bonds. The van der Waals surface area contributed by atoms with E-state index in [9.17, 15) is 13.2 Å². The summed E-state index contributed by atoms with van der Waals surface area (Å²) in [7, 11) is -2.35. The normalized spacial score (nSPS) is 11.1. The summed E-state index contributed by atoms with van der Waals surface area (Å²) in [6, 6.07) is 22.0. The van der Waals surface area contributed by atoms with Crippen molar-refractivity contribution in [3.05, 3.63) is 89.4 Å². The molecule has 3 aromatic rings. The lowest BCUT2D eigenvalue weighted by atomic mass is 10.2. The van der Waals surface area contributed by atoms with Gasteiger partial charge in [-0.3, -0.25) is 9.10 Å². The number of rotatable bonds is 6. The maximum atomic E-state index is 13.4. The van der Waals surface area contributed by atoms with Gasteiger partial charge in [0.25, 0.3) is 10.0 Å². The Morgan fingerprint density at radius 2 is 1.52 bits per heavy atom. The number of likely N-dealkylation sites (N-methyl/N-ethyl adjacent to an activating group) is 1. The number of benzene rings is 3. The Morgan fingerprint density at radius 1 is 0.897 bits per heavy atom. The Hall–Kier alpha value is -2.83. The number of hydrogen-bond acceptors (Lipinski definition) is 3. The zero-order chi connectivity index (χ0) is 21.0. The largest absolute Gasteiger partial charge is 0.314 e. The van der Waals surface area contributed by atoms with E-state index in [4.69, 9.17) is 11.6 Å². The van der Waals surface area contributed by atoms with E-state index in [2.05, 4.69) is 0 Å². The molecule has 0 aliphatic rings. The van der Waals surface area contributed by atoms with Crippen LogP contribution in [0.5, 0.6) is 0 Å². The fourth-order valence-corrected chi connectivity index (χ4v) is 4.40. The van der Waals surface area contributed by atoms with Crippen LogP contribution in [-0.2, 0) is 14.8 Å². The molecule has 0 aromatic heterocycles. The van der Waals surface area contributed by atoms with Gasteiger partial charge in [-0.2, -0.15) is 0 Å². The van der Waals surface area contributed by atoms with Crippen LogP contribution < -0.4 is 9.21 Å². The van der Waals surface area contributed by atoms with Crippen molar-refractivity contribution in [1.29, 1.82) is 0 Å². The van der Waals surface area contributed by atoms with Crippen LogP contribution in [0.3, 0.4) is 0 Å². The first-order chi connectivity index (χ1) is 13.8. The summed E-state index contributed by atoms with van der Waals surface area (Å²) in [5.41, 5.74) is 1.95. The van der Waals surface area contributed by atoms with E-state index in [0.717, 1.165) is 9.87 Å². The highest BCUT2D eigenvalue weighted by Crippen LogP contribution is 2.27. The van der Waals surface area contributed by atoms with E-state index in [1.54, 1.807) is 49.5 Å². The molecule has 3 aromatic carbocycles.